The van der Waals surface area contributed by atoms with Gasteiger partial charge in [0.2, 0.25) is 0 Å². The molecule has 174 valence electrons. The van der Waals surface area contributed by atoms with E-state index in [1.807, 2.05) is 13.8 Å². The molecule has 0 radical (unpaired) electrons. The fourth-order valence-electron chi connectivity index (χ4n) is 8.90. The monoisotopic (exact) mass is 406 g/mol. The molecule has 0 aliphatic heterocycles. The highest BCUT2D eigenvalue weighted by Crippen LogP contribution is 2.72. The summed E-state index contributed by atoms with van der Waals surface area (Å²) in [6.45, 7) is 18.8. The van der Waals surface area contributed by atoms with Gasteiger partial charge in [-0.15, -0.1) is 0 Å². The molecular formula is C29H58. The molecule has 4 aliphatic rings. The van der Waals surface area contributed by atoms with Gasteiger partial charge in [0.1, 0.15) is 0 Å². The van der Waals surface area contributed by atoms with Crippen LogP contribution in [-0.2, 0) is 0 Å². The Kier molecular flexibility index (Phi) is 10.3. The Labute approximate surface area is 186 Å². The van der Waals surface area contributed by atoms with Crippen molar-refractivity contribution in [3.63, 3.8) is 0 Å². The molecule has 0 spiro atoms. The fourth-order valence-corrected chi connectivity index (χ4v) is 8.90. The van der Waals surface area contributed by atoms with Crippen molar-refractivity contribution < 1.29 is 0 Å². The van der Waals surface area contributed by atoms with Crippen LogP contribution in [0.5, 0.6) is 0 Å². The Morgan fingerprint density at radius 3 is 1.86 bits per heavy atom. The van der Waals surface area contributed by atoms with Crippen LogP contribution in [-0.4, -0.2) is 0 Å². The Morgan fingerprint density at radius 2 is 1.24 bits per heavy atom. The van der Waals surface area contributed by atoms with Crippen molar-refractivity contribution in [1.82, 2.24) is 0 Å². The first-order chi connectivity index (χ1) is 13.4. The molecule has 0 heterocycles. The highest BCUT2D eigenvalue weighted by atomic mass is 14.7. The van der Waals surface area contributed by atoms with E-state index in [1.165, 1.54) is 38.5 Å². The van der Waals surface area contributed by atoms with Crippen LogP contribution in [0.15, 0.2) is 0 Å². The molecule has 4 rings (SSSR count). The first-order valence-corrected chi connectivity index (χ1v) is 13.4. The molecule has 7 unspecified atom stereocenters. The van der Waals surface area contributed by atoms with Crippen LogP contribution in [0.1, 0.15) is 146 Å². The lowest BCUT2D eigenvalue weighted by molar-refractivity contribution is -0.164. The van der Waals surface area contributed by atoms with Gasteiger partial charge in [0.05, 0.1) is 0 Å². The Balaban J connectivity index is 0.000000645. The highest BCUT2D eigenvalue weighted by molar-refractivity contribution is 5.13. The summed E-state index contributed by atoms with van der Waals surface area (Å²) in [4.78, 5) is 0. The molecule has 0 N–H and O–H groups in total. The van der Waals surface area contributed by atoms with Gasteiger partial charge in [0.25, 0.3) is 0 Å². The van der Waals surface area contributed by atoms with Crippen LogP contribution >= 0.6 is 0 Å². The van der Waals surface area contributed by atoms with E-state index in [-0.39, 0.29) is 7.43 Å². The van der Waals surface area contributed by atoms with Gasteiger partial charge in [-0.1, -0.05) is 94.9 Å². The second-order valence-electron chi connectivity index (χ2n) is 11.4. The van der Waals surface area contributed by atoms with Crippen LogP contribution in [0.2, 0.25) is 0 Å². The lowest BCUT2D eigenvalue weighted by atomic mass is 9.39. The minimum atomic E-state index is 0. The van der Waals surface area contributed by atoms with Gasteiger partial charge in [-0.25, -0.2) is 0 Å². The normalized spacial score (nSPS) is 45.1. The van der Waals surface area contributed by atoms with Crippen molar-refractivity contribution in [2.24, 2.45) is 39.9 Å². The van der Waals surface area contributed by atoms with Crippen molar-refractivity contribution in [3.05, 3.63) is 0 Å². The fraction of sp³-hybridized carbons (Fsp3) is 1.00. The summed E-state index contributed by atoms with van der Waals surface area (Å²) >= 11 is 0. The molecule has 0 aromatic heterocycles. The van der Waals surface area contributed by atoms with Crippen molar-refractivity contribution in [2.75, 3.05) is 0 Å². The zero-order chi connectivity index (χ0) is 21.0. The average molecular weight is 407 g/mol. The van der Waals surface area contributed by atoms with Crippen molar-refractivity contribution >= 4 is 0 Å². The minimum absolute atomic E-state index is 0. The van der Waals surface area contributed by atoms with Crippen LogP contribution in [0.3, 0.4) is 0 Å². The molecule has 4 saturated carbocycles. The second kappa shape index (κ2) is 11.0. The predicted molar refractivity (Wildman–Crippen MR) is 133 cm³/mol. The third-order valence-electron chi connectivity index (χ3n) is 10.0. The Morgan fingerprint density at radius 1 is 0.655 bits per heavy atom. The van der Waals surface area contributed by atoms with E-state index in [9.17, 15) is 0 Å². The number of rotatable bonds is 2. The van der Waals surface area contributed by atoms with Crippen LogP contribution < -0.4 is 0 Å². The number of hydrogen-bond acceptors (Lipinski definition) is 0. The molecule has 7 atom stereocenters. The Hall–Kier alpha value is 0. The third-order valence-corrected chi connectivity index (χ3v) is 10.0. The van der Waals surface area contributed by atoms with Crippen LogP contribution in [0.25, 0.3) is 0 Å². The molecule has 0 heteroatoms. The van der Waals surface area contributed by atoms with E-state index in [1.54, 1.807) is 44.9 Å². The van der Waals surface area contributed by atoms with E-state index in [4.69, 9.17) is 0 Å². The smallest absolute Gasteiger partial charge is 0.0259 e. The summed E-state index contributed by atoms with van der Waals surface area (Å²) in [5.41, 5.74) is 2.03. The van der Waals surface area contributed by atoms with Gasteiger partial charge < -0.3 is 0 Å². The van der Waals surface area contributed by atoms with Crippen molar-refractivity contribution in [2.45, 2.75) is 146 Å². The van der Waals surface area contributed by atoms with E-state index >= 15 is 0 Å². The predicted octanol–water partition coefficient (Wildman–Crippen LogP) is 10.3. The molecule has 0 bridgehead atoms. The summed E-state index contributed by atoms with van der Waals surface area (Å²) in [6, 6.07) is 0. The van der Waals surface area contributed by atoms with Crippen LogP contribution in [0.4, 0.5) is 0 Å². The highest BCUT2D eigenvalue weighted by Gasteiger charge is 2.64. The van der Waals surface area contributed by atoms with Gasteiger partial charge in [-0.2, -0.15) is 0 Å². The minimum Gasteiger partial charge on any atom is -0.0776 e. The molecule has 0 aromatic carbocycles. The van der Waals surface area contributed by atoms with Crippen LogP contribution in [0, 0.1) is 39.9 Å². The molecule has 29 heavy (non-hydrogen) atoms. The first kappa shape index (κ1) is 27.0. The van der Waals surface area contributed by atoms with E-state index in [2.05, 4.69) is 41.5 Å². The van der Waals surface area contributed by atoms with Gasteiger partial charge >= 0.3 is 0 Å². The molecule has 0 saturated heterocycles. The maximum absolute atomic E-state index is 2.75. The third kappa shape index (κ3) is 4.62. The largest absolute Gasteiger partial charge is 0.0776 e. The standard InChI is InChI=1S/C23H40.C3H8.C2H6.CH4/c1-5-8-17-10-11-19-22(17,3)16-13-20-21(2)14-7-6-9-18(21)12-15-23(19,20)4;1-3-2;1-2;/h17-20H,5-16H2,1-4H3;3H2,1-2H3;1-2H3;1H4. The van der Waals surface area contributed by atoms with E-state index in [0.29, 0.717) is 16.2 Å². The SMILES string of the molecule is C.CC.CCC.CCCC1CCC2C1(C)CCC1C3(C)CCCCC3CCC12C. The molecule has 0 aromatic rings. The first-order valence-electron chi connectivity index (χ1n) is 13.4. The summed E-state index contributed by atoms with van der Waals surface area (Å²) in [7, 11) is 0. The van der Waals surface area contributed by atoms with Gasteiger partial charge in [-0.3, -0.25) is 0 Å². The lowest BCUT2D eigenvalue weighted by Gasteiger charge is -2.65. The number of fused-ring (bicyclic) bond motifs is 5. The zero-order valence-electron chi connectivity index (χ0n) is 21.0. The molecule has 0 amide bonds. The topological polar surface area (TPSA) is 0 Å². The maximum atomic E-state index is 2.75. The molecule has 0 nitrogen and oxygen atoms in total. The van der Waals surface area contributed by atoms with Crippen molar-refractivity contribution in [1.29, 1.82) is 0 Å². The average Bonchev–Trinajstić information content (AvgIpc) is 3.01. The quantitative estimate of drug-likeness (QED) is 0.427. The van der Waals surface area contributed by atoms with Gasteiger partial charge in [0, 0.05) is 0 Å². The van der Waals surface area contributed by atoms with Gasteiger partial charge in [-0.05, 0) is 91.3 Å². The molecule has 4 fully saturated rings. The lowest BCUT2D eigenvalue weighted by Crippen LogP contribution is -2.58. The molecule has 4 aliphatic carbocycles. The summed E-state index contributed by atoms with van der Waals surface area (Å²) in [6.07, 6.45) is 19.5. The summed E-state index contributed by atoms with van der Waals surface area (Å²) in [5, 5.41) is 0. The van der Waals surface area contributed by atoms with Gasteiger partial charge in [0.15, 0.2) is 0 Å². The zero-order valence-corrected chi connectivity index (χ0v) is 21.0. The molecular weight excluding hydrogens is 348 g/mol. The Bertz CT molecular complexity index is 467. The van der Waals surface area contributed by atoms with E-state index in [0.717, 1.165) is 23.7 Å². The summed E-state index contributed by atoms with van der Waals surface area (Å²) in [5.74, 6) is 4.16. The maximum Gasteiger partial charge on any atom is -0.0259 e. The number of hydrogen-bond donors (Lipinski definition) is 0. The second-order valence-corrected chi connectivity index (χ2v) is 11.4. The van der Waals surface area contributed by atoms with E-state index < -0.39 is 0 Å². The van der Waals surface area contributed by atoms with Crippen molar-refractivity contribution in [3.8, 4) is 0 Å². The summed E-state index contributed by atoms with van der Waals surface area (Å²) < 4.78 is 0.